The zero-order valence-electron chi connectivity index (χ0n) is 9.86. The Morgan fingerprint density at radius 1 is 1.50 bits per heavy atom. The molecule has 0 N–H and O–H groups in total. The minimum atomic E-state index is -2.98. The molecule has 0 bridgehead atoms. The average molecular weight is 268 g/mol. The molecule has 0 aromatic carbocycles. The van der Waals surface area contributed by atoms with Gasteiger partial charge in [0, 0.05) is 18.5 Å². The second-order valence-electron chi connectivity index (χ2n) is 4.98. The van der Waals surface area contributed by atoms with Crippen molar-refractivity contribution in [2.45, 2.75) is 26.8 Å². The number of hydrogen-bond acceptors (Lipinski definition) is 3. The fraction of sp³-hybridized carbons (Fsp3) is 0.900. The van der Waals surface area contributed by atoms with Gasteiger partial charge in [0.2, 0.25) is 5.91 Å². The van der Waals surface area contributed by atoms with Crippen LogP contribution in [0, 0.1) is 5.41 Å². The van der Waals surface area contributed by atoms with Crippen molar-refractivity contribution in [2.24, 2.45) is 5.41 Å². The Hall–Kier alpha value is -0.290. The van der Waals surface area contributed by atoms with Crippen LogP contribution >= 0.6 is 11.6 Å². The highest BCUT2D eigenvalue weighted by atomic mass is 35.5. The lowest BCUT2D eigenvalue weighted by atomic mass is 9.93. The summed E-state index contributed by atoms with van der Waals surface area (Å²) < 4.78 is 22.8. The lowest BCUT2D eigenvalue weighted by Gasteiger charge is -2.37. The maximum Gasteiger partial charge on any atom is 0.229 e. The van der Waals surface area contributed by atoms with E-state index in [1.807, 2.05) is 0 Å². The molecule has 0 aromatic heterocycles. The molecule has 1 saturated heterocycles. The summed E-state index contributed by atoms with van der Waals surface area (Å²) in [7, 11) is -2.98. The van der Waals surface area contributed by atoms with E-state index in [0.29, 0.717) is 0 Å². The van der Waals surface area contributed by atoms with Crippen LogP contribution in [0.5, 0.6) is 0 Å². The van der Waals surface area contributed by atoms with Crippen LogP contribution in [0.4, 0.5) is 0 Å². The summed E-state index contributed by atoms with van der Waals surface area (Å²) in [6.07, 6.45) is 0. The Morgan fingerprint density at radius 3 is 2.50 bits per heavy atom. The molecule has 16 heavy (non-hydrogen) atoms. The standard InChI is InChI=1S/C10H18ClNO3S/c1-8-6-16(14,15)5-4-12(8)9(13)10(2,3)7-11/h8H,4-7H2,1-3H3. The molecule has 1 heterocycles. The number of amides is 1. The van der Waals surface area contributed by atoms with Gasteiger partial charge in [-0.1, -0.05) is 0 Å². The lowest BCUT2D eigenvalue weighted by Crippen LogP contribution is -2.53. The molecule has 1 rings (SSSR count). The van der Waals surface area contributed by atoms with Gasteiger partial charge in [-0.25, -0.2) is 8.42 Å². The van der Waals surface area contributed by atoms with E-state index in [2.05, 4.69) is 0 Å². The highest BCUT2D eigenvalue weighted by molar-refractivity contribution is 7.91. The van der Waals surface area contributed by atoms with E-state index in [-0.39, 0.29) is 35.9 Å². The van der Waals surface area contributed by atoms with Gasteiger partial charge in [0.15, 0.2) is 9.84 Å². The summed E-state index contributed by atoms with van der Waals surface area (Å²) in [5.41, 5.74) is -0.628. The summed E-state index contributed by atoms with van der Waals surface area (Å²) >= 11 is 5.75. The Bertz CT molecular complexity index is 378. The number of carbonyl (C=O) groups excluding carboxylic acids is 1. The molecule has 0 aliphatic carbocycles. The van der Waals surface area contributed by atoms with Gasteiger partial charge in [-0.3, -0.25) is 4.79 Å². The molecule has 1 atom stereocenters. The van der Waals surface area contributed by atoms with Crippen LogP contribution in [0.2, 0.25) is 0 Å². The van der Waals surface area contributed by atoms with Crippen molar-refractivity contribution in [1.82, 2.24) is 4.90 Å². The summed E-state index contributed by atoms with van der Waals surface area (Å²) in [5.74, 6) is 0.283. The third-order valence-electron chi connectivity index (χ3n) is 2.84. The minimum absolute atomic E-state index is 0.0527. The number of hydrogen-bond donors (Lipinski definition) is 0. The Morgan fingerprint density at radius 2 is 2.06 bits per heavy atom. The van der Waals surface area contributed by atoms with Crippen LogP contribution in [0.1, 0.15) is 20.8 Å². The zero-order valence-corrected chi connectivity index (χ0v) is 11.4. The molecule has 4 nitrogen and oxygen atoms in total. The van der Waals surface area contributed by atoms with Crippen LogP contribution in [0.15, 0.2) is 0 Å². The van der Waals surface area contributed by atoms with Gasteiger partial charge in [0.25, 0.3) is 0 Å². The molecule has 1 unspecified atom stereocenters. The van der Waals surface area contributed by atoms with E-state index in [4.69, 9.17) is 11.6 Å². The molecule has 1 aliphatic rings. The fourth-order valence-corrected chi connectivity index (χ4v) is 3.42. The lowest BCUT2D eigenvalue weighted by molar-refractivity contribution is -0.140. The van der Waals surface area contributed by atoms with Crippen LogP contribution < -0.4 is 0 Å². The SMILES string of the molecule is CC1CS(=O)(=O)CCN1C(=O)C(C)(C)CCl. The Balaban J connectivity index is 2.81. The number of halogens is 1. The highest BCUT2D eigenvalue weighted by Gasteiger charge is 2.37. The second-order valence-corrected chi connectivity index (χ2v) is 7.48. The first-order chi connectivity index (χ1) is 7.19. The molecule has 1 fully saturated rings. The molecular formula is C10H18ClNO3S. The highest BCUT2D eigenvalue weighted by Crippen LogP contribution is 2.24. The molecular weight excluding hydrogens is 250 g/mol. The number of nitrogens with zero attached hydrogens (tertiary/aromatic N) is 1. The van der Waals surface area contributed by atoms with Gasteiger partial charge in [0.1, 0.15) is 0 Å². The number of carbonyl (C=O) groups is 1. The molecule has 0 aromatic rings. The molecule has 0 spiro atoms. The van der Waals surface area contributed by atoms with Crippen molar-refractivity contribution in [2.75, 3.05) is 23.9 Å². The van der Waals surface area contributed by atoms with Crippen LogP contribution in [-0.2, 0) is 14.6 Å². The van der Waals surface area contributed by atoms with Gasteiger partial charge in [-0.2, -0.15) is 0 Å². The van der Waals surface area contributed by atoms with Crippen LogP contribution in [0.3, 0.4) is 0 Å². The van der Waals surface area contributed by atoms with Crippen LogP contribution in [0.25, 0.3) is 0 Å². The predicted octanol–water partition coefficient (Wildman–Crippen LogP) is 0.897. The summed E-state index contributed by atoms with van der Waals surface area (Å²) in [6.45, 7) is 5.60. The summed E-state index contributed by atoms with van der Waals surface area (Å²) in [4.78, 5) is 13.7. The van der Waals surface area contributed by atoms with Crippen molar-refractivity contribution >= 4 is 27.3 Å². The van der Waals surface area contributed by atoms with Gasteiger partial charge in [-0.05, 0) is 20.8 Å². The van der Waals surface area contributed by atoms with Gasteiger partial charge >= 0.3 is 0 Å². The third kappa shape index (κ3) is 2.88. The number of rotatable bonds is 2. The van der Waals surface area contributed by atoms with Gasteiger partial charge in [0.05, 0.1) is 16.9 Å². The Kier molecular flexibility index (Phi) is 3.90. The predicted molar refractivity (Wildman–Crippen MR) is 64.3 cm³/mol. The Labute approximate surface area is 102 Å². The van der Waals surface area contributed by atoms with E-state index in [9.17, 15) is 13.2 Å². The monoisotopic (exact) mass is 267 g/mol. The first kappa shape index (κ1) is 13.8. The first-order valence-corrected chi connectivity index (χ1v) is 7.63. The number of alkyl halides is 1. The molecule has 0 saturated carbocycles. The molecule has 1 amide bonds. The number of sulfone groups is 1. The molecule has 6 heteroatoms. The van der Waals surface area contributed by atoms with Crippen LogP contribution in [-0.4, -0.2) is 49.2 Å². The zero-order chi connectivity index (χ0) is 12.6. The van der Waals surface area contributed by atoms with E-state index < -0.39 is 15.3 Å². The van der Waals surface area contributed by atoms with Crippen molar-refractivity contribution in [1.29, 1.82) is 0 Å². The van der Waals surface area contributed by atoms with E-state index in [0.717, 1.165) is 0 Å². The first-order valence-electron chi connectivity index (χ1n) is 5.27. The maximum absolute atomic E-state index is 12.1. The maximum atomic E-state index is 12.1. The van der Waals surface area contributed by atoms with E-state index in [1.54, 1.807) is 25.7 Å². The summed E-state index contributed by atoms with van der Waals surface area (Å²) in [5, 5.41) is 0. The smallest absolute Gasteiger partial charge is 0.229 e. The van der Waals surface area contributed by atoms with Gasteiger partial charge in [-0.15, -0.1) is 11.6 Å². The van der Waals surface area contributed by atoms with E-state index in [1.165, 1.54) is 0 Å². The fourth-order valence-electron chi connectivity index (χ4n) is 1.75. The minimum Gasteiger partial charge on any atom is -0.337 e. The second kappa shape index (κ2) is 4.53. The normalized spacial score (nSPS) is 25.5. The topological polar surface area (TPSA) is 54.5 Å². The quantitative estimate of drug-likeness (QED) is 0.699. The third-order valence-corrected chi connectivity index (χ3v) is 5.31. The average Bonchev–Trinajstić information content (AvgIpc) is 2.15. The van der Waals surface area contributed by atoms with Crippen molar-refractivity contribution in [3.63, 3.8) is 0 Å². The largest absolute Gasteiger partial charge is 0.337 e. The van der Waals surface area contributed by atoms with Crippen molar-refractivity contribution in [3.8, 4) is 0 Å². The molecule has 94 valence electrons. The summed E-state index contributed by atoms with van der Waals surface area (Å²) in [6, 6.07) is -0.256. The van der Waals surface area contributed by atoms with Crippen molar-refractivity contribution < 1.29 is 13.2 Å². The van der Waals surface area contributed by atoms with Crippen molar-refractivity contribution in [3.05, 3.63) is 0 Å². The molecule has 0 radical (unpaired) electrons. The van der Waals surface area contributed by atoms with Gasteiger partial charge < -0.3 is 4.90 Å². The molecule has 1 aliphatic heterocycles. The van der Waals surface area contributed by atoms with E-state index >= 15 is 0 Å².